The number of hydrogen-bond donors (Lipinski definition) is 1. The van der Waals surface area contributed by atoms with E-state index < -0.39 is 10.0 Å². The van der Waals surface area contributed by atoms with Crippen LogP contribution in [-0.4, -0.2) is 47.9 Å². The standard InChI is InChI=1S/C20H27N5O3S/c1-13(2)24-12-21-19(23-24)17-11-25(29(3,27)28)18-9-8-14(10-16(17)18)20(26)22-15-6-4-5-7-15/h8-10,12-13,15,17H,4-7,11H2,1-3H3,(H,22,26)/t17-/m0/s1. The normalized spacial score (nSPS) is 19.7. The van der Waals surface area contributed by atoms with Gasteiger partial charge < -0.3 is 5.32 Å². The third-order valence-corrected chi connectivity index (χ3v) is 6.89. The van der Waals surface area contributed by atoms with Gasteiger partial charge in [-0.2, -0.15) is 5.10 Å². The van der Waals surface area contributed by atoms with Gasteiger partial charge in [0, 0.05) is 24.2 Å². The Morgan fingerprint density at radius 1 is 1.24 bits per heavy atom. The van der Waals surface area contributed by atoms with Crippen molar-refractivity contribution in [2.45, 2.75) is 57.5 Å². The van der Waals surface area contributed by atoms with Crippen molar-refractivity contribution in [3.63, 3.8) is 0 Å². The molecule has 1 aromatic heterocycles. The molecule has 1 saturated carbocycles. The van der Waals surface area contributed by atoms with Gasteiger partial charge in [-0.1, -0.05) is 12.8 Å². The highest BCUT2D eigenvalue weighted by molar-refractivity contribution is 7.92. The zero-order valence-electron chi connectivity index (χ0n) is 17.0. The molecule has 1 aliphatic heterocycles. The lowest BCUT2D eigenvalue weighted by molar-refractivity contribution is 0.0938. The van der Waals surface area contributed by atoms with Gasteiger partial charge in [0.25, 0.3) is 5.91 Å². The zero-order valence-corrected chi connectivity index (χ0v) is 17.8. The highest BCUT2D eigenvalue weighted by atomic mass is 32.2. The summed E-state index contributed by atoms with van der Waals surface area (Å²) in [6.07, 6.45) is 7.17. The van der Waals surface area contributed by atoms with Gasteiger partial charge in [-0.3, -0.25) is 13.8 Å². The maximum atomic E-state index is 12.7. The maximum absolute atomic E-state index is 12.7. The Labute approximate surface area is 171 Å². The number of anilines is 1. The summed E-state index contributed by atoms with van der Waals surface area (Å²) in [5.74, 6) is 0.148. The lowest BCUT2D eigenvalue weighted by Gasteiger charge is -2.17. The summed E-state index contributed by atoms with van der Waals surface area (Å²) >= 11 is 0. The molecule has 9 heteroatoms. The van der Waals surface area contributed by atoms with Crippen molar-refractivity contribution < 1.29 is 13.2 Å². The summed E-state index contributed by atoms with van der Waals surface area (Å²) in [6, 6.07) is 5.60. The highest BCUT2D eigenvalue weighted by Gasteiger charge is 2.37. The first-order valence-electron chi connectivity index (χ1n) is 10.1. The minimum absolute atomic E-state index is 0.114. The molecule has 0 radical (unpaired) electrons. The molecule has 1 atom stereocenters. The summed E-state index contributed by atoms with van der Waals surface area (Å²) in [6.45, 7) is 4.26. The van der Waals surface area contributed by atoms with Crippen LogP contribution in [0.15, 0.2) is 24.5 Å². The summed E-state index contributed by atoms with van der Waals surface area (Å²) in [5, 5.41) is 7.64. The first-order chi connectivity index (χ1) is 13.7. The minimum Gasteiger partial charge on any atom is -0.349 e. The smallest absolute Gasteiger partial charge is 0.251 e. The molecule has 2 aliphatic rings. The number of nitrogens with one attached hydrogen (secondary N) is 1. The molecular formula is C20H27N5O3S. The van der Waals surface area contributed by atoms with Crippen LogP contribution in [-0.2, 0) is 10.0 Å². The third-order valence-electron chi connectivity index (χ3n) is 5.74. The number of rotatable bonds is 5. The monoisotopic (exact) mass is 417 g/mol. The molecule has 8 nitrogen and oxygen atoms in total. The Balaban J connectivity index is 1.69. The second-order valence-electron chi connectivity index (χ2n) is 8.25. The Kier molecular flexibility index (Phi) is 5.10. The fourth-order valence-corrected chi connectivity index (χ4v) is 5.08. The number of benzene rings is 1. The van der Waals surface area contributed by atoms with Crippen LogP contribution in [0.2, 0.25) is 0 Å². The lowest BCUT2D eigenvalue weighted by Crippen LogP contribution is -2.32. The van der Waals surface area contributed by atoms with Crippen molar-refractivity contribution in [3.8, 4) is 0 Å². The molecule has 29 heavy (non-hydrogen) atoms. The van der Waals surface area contributed by atoms with Crippen LogP contribution in [0.4, 0.5) is 5.69 Å². The quantitative estimate of drug-likeness (QED) is 0.806. The van der Waals surface area contributed by atoms with Crippen molar-refractivity contribution in [1.29, 1.82) is 0 Å². The van der Waals surface area contributed by atoms with E-state index in [0.29, 0.717) is 17.1 Å². The third kappa shape index (κ3) is 3.88. The molecule has 0 saturated heterocycles. The van der Waals surface area contributed by atoms with Crippen LogP contribution < -0.4 is 9.62 Å². The van der Waals surface area contributed by atoms with Crippen molar-refractivity contribution in [3.05, 3.63) is 41.5 Å². The molecule has 1 fully saturated rings. The predicted molar refractivity (Wildman–Crippen MR) is 111 cm³/mol. The number of nitrogens with zero attached hydrogens (tertiary/aromatic N) is 4. The number of aromatic nitrogens is 3. The van der Waals surface area contributed by atoms with Gasteiger partial charge in [0.15, 0.2) is 5.82 Å². The second kappa shape index (κ2) is 7.44. The number of carbonyl (C=O) groups excluding carboxylic acids is 1. The number of amides is 1. The number of sulfonamides is 1. The average molecular weight is 418 g/mol. The van der Waals surface area contributed by atoms with Gasteiger partial charge in [-0.15, -0.1) is 0 Å². The molecule has 2 aromatic rings. The molecule has 1 amide bonds. The molecule has 156 valence electrons. The maximum Gasteiger partial charge on any atom is 0.251 e. The van der Waals surface area contributed by atoms with Crippen LogP contribution in [0.3, 0.4) is 0 Å². The summed E-state index contributed by atoms with van der Waals surface area (Å²) in [5.41, 5.74) is 1.91. The highest BCUT2D eigenvalue weighted by Crippen LogP contribution is 2.41. The molecule has 2 heterocycles. The molecule has 1 aromatic carbocycles. The van der Waals surface area contributed by atoms with Crippen molar-refractivity contribution in [2.24, 2.45) is 0 Å². The van der Waals surface area contributed by atoms with Crippen LogP contribution in [0.5, 0.6) is 0 Å². The molecule has 0 spiro atoms. The summed E-state index contributed by atoms with van der Waals surface area (Å²) in [7, 11) is -3.45. The number of carbonyl (C=O) groups is 1. The lowest BCUT2D eigenvalue weighted by atomic mass is 9.98. The molecule has 1 aliphatic carbocycles. The largest absolute Gasteiger partial charge is 0.349 e. The van der Waals surface area contributed by atoms with E-state index in [1.807, 2.05) is 13.8 Å². The van der Waals surface area contributed by atoms with E-state index in [1.54, 1.807) is 29.2 Å². The van der Waals surface area contributed by atoms with E-state index in [2.05, 4.69) is 15.4 Å². The van der Waals surface area contributed by atoms with Crippen LogP contribution in [0.25, 0.3) is 0 Å². The first kappa shape index (κ1) is 19.9. The van der Waals surface area contributed by atoms with Crippen molar-refractivity contribution >= 4 is 21.6 Å². The van der Waals surface area contributed by atoms with Crippen molar-refractivity contribution in [2.75, 3.05) is 17.1 Å². The van der Waals surface area contributed by atoms with Crippen LogP contribution in [0, 0.1) is 0 Å². The van der Waals surface area contributed by atoms with Crippen molar-refractivity contribution in [1.82, 2.24) is 20.1 Å². The predicted octanol–water partition coefficient (Wildman–Crippen LogP) is 2.44. The Morgan fingerprint density at radius 3 is 2.59 bits per heavy atom. The van der Waals surface area contributed by atoms with Gasteiger partial charge >= 0.3 is 0 Å². The number of fused-ring (bicyclic) bond motifs is 1. The SMILES string of the molecule is CC(C)n1cnc([C@H]2CN(S(C)(=O)=O)c3ccc(C(=O)NC4CCCC4)cc32)n1. The summed E-state index contributed by atoms with van der Waals surface area (Å²) < 4.78 is 27.8. The van der Waals surface area contributed by atoms with E-state index >= 15 is 0 Å². The summed E-state index contributed by atoms with van der Waals surface area (Å²) in [4.78, 5) is 17.2. The molecular weight excluding hydrogens is 390 g/mol. The average Bonchev–Trinajstić information content (AvgIpc) is 3.39. The van der Waals surface area contributed by atoms with Gasteiger partial charge in [0.1, 0.15) is 6.33 Å². The zero-order chi connectivity index (χ0) is 20.8. The van der Waals surface area contributed by atoms with E-state index in [9.17, 15) is 13.2 Å². The van der Waals surface area contributed by atoms with Crippen LogP contribution in [0.1, 0.15) is 73.2 Å². The van der Waals surface area contributed by atoms with Gasteiger partial charge in [-0.05, 0) is 50.5 Å². The first-order valence-corrected chi connectivity index (χ1v) is 11.9. The van der Waals surface area contributed by atoms with Crippen LogP contribution >= 0.6 is 0 Å². The van der Waals surface area contributed by atoms with Gasteiger partial charge in [0.05, 0.1) is 17.9 Å². The Hall–Kier alpha value is -2.42. The molecule has 0 bridgehead atoms. The van der Waals surface area contributed by atoms with Gasteiger partial charge in [0.2, 0.25) is 10.0 Å². The minimum atomic E-state index is -3.45. The Morgan fingerprint density at radius 2 is 1.97 bits per heavy atom. The topological polar surface area (TPSA) is 97.2 Å². The second-order valence-corrected chi connectivity index (χ2v) is 10.2. The van der Waals surface area contributed by atoms with E-state index in [4.69, 9.17) is 0 Å². The molecule has 0 unspecified atom stereocenters. The fraction of sp³-hybridized carbons (Fsp3) is 0.550. The number of hydrogen-bond acceptors (Lipinski definition) is 5. The van der Waals surface area contributed by atoms with E-state index in [-0.39, 0.29) is 30.5 Å². The fourth-order valence-electron chi connectivity index (χ4n) is 4.13. The van der Waals surface area contributed by atoms with E-state index in [0.717, 1.165) is 31.2 Å². The molecule has 4 rings (SSSR count). The van der Waals surface area contributed by atoms with E-state index in [1.165, 1.54) is 10.6 Å². The molecule has 1 N–H and O–H groups in total. The van der Waals surface area contributed by atoms with Gasteiger partial charge in [-0.25, -0.2) is 13.4 Å². The Bertz CT molecular complexity index is 1020.